The number of aromatic nitrogens is 3. The van der Waals surface area contributed by atoms with E-state index >= 15 is 0 Å². The van der Waals surface area contributed by atoms with E-state index in [0.29, 0.717) is 33.1 Å². The zero-order valence-corrected chi connectivity index (χ0v) is 22.4. The number of alkyl halides is 3. The lowest BCUT2D eigenvalue weighted by atomic mass is 10.0. The second-order valence-corrected chi connectivity index (χ2v) is 10.4. The quantitative estimate of drug-likeness (QED) is 0.441. The van der Waals surface area contributed by atoms with Crippen LogP contribution < -0.4 is 15.5 Å². The van der Waals surface area contributed by atoms with Crippen molar-refractivity contribution in [2.75, 3.05) is 44.7 Å². The number of carbonyl (C=O) groups is 1. The lowest BCUT2D eigenvalue weighted by molar-refractivity contribution is -0.145. The van der Waals surface area contributed by atoms with Gasteiger partial charge in [0.2, 0.25) is 5.82 Å². The van der Waals surface area contributed by atoms with Gasteiger partial charge in [-0.2, -0.15) is 13.2 Å². The van der Waals surface area contributed by atoms with Crippen LogP contribution in [0.15, 0.2) is 36.7 Å². The molecule has 0 aliphatic carbocycles. The SMILES string of the molecule is CN[C@H]1CCN(c2ccc3c(C(=O)NCC(c4cnc(C(F)(F)F)nc4)N4CCCCC4)c(Cl)ccc3n2)C1. The highest BCUT2D eigenvalue weighted by Crippen LogP contribution is 2.30. The number of piperidine rings is 1. The molecule has 2 aliphatic rings. The number of halogens is 4. The Morgan fingerprint density at radius 1 is 1.10 bits per heavy atom. The Balaban J connectivity index is 1.37. The molecule has 3 aromatic rings. The maximum atomic E-state index is 13.5. The molecule has 12 heteroatoms. The molecule has 2 aromatic heterocycles. The van der Waals surface area contributed by atoms with Crippen molar-refractivity contribution in [3.63, 3.8) is 0 Å². The van der Waals surface area contributed by atoms with E-state index in [2.05, 4.69) is 30.4 Å². The van der Waals surface area contributed by atoms with E-state index in [1.807, 2.05) is 19.2 Å². The molecule has 1 unspecified atom stereocenters. The van der Waals surface area contributed by atoms with E-state index < -0.39 is 12.0 Å². The fourth-order valence-corrected chi connectivity index (χ4v) is 5.65. The van der Waals surface area contributed by atoms with Gasteiger partial charge >= 0.3 is 6.18 Å². The molecule has 8 nitrogen and oxygen atoms in total. The van der Waals surface area contributed by atoms with Crippen molar-refractivity contribution < 1.29 is 18.0 Å². The number of nitrogens with zero attached hydrogens (tertiary/aromatic N) is 5. The van der Waals surface area contributed by atoms with Crippen molar-refractivity contribution >= 4 is 34.2 Å². The summed E-state index contributed by atoms with van der Waals surface area (Å²) >= 11 is 6.50. The maximum absolute atomic E-state index is 13.5. The molecule has 5 rings (SSSR count). The largest absolute Gasteiger partial charge is 0.451 e. The molecule has 2 N–H and O–H groups in total. The van der Waals surface area contributed by atoms with Crippen LogP contribution >= 0.6 is 11.6 Å². The van der Waals surface area contributed by atoms with Gasteiger partial charge in [0.15, 0.2) is 0 Å². The normalized spacial score (nSPS) is 19.4. The molecular weight excluding hydrogens is 531 g/mol. The Kier molecular flexibility index (Phi) is 8.20. The molecule has 39 heavy (non-hydrogen) atoms. The van der Waals surface area contributed by atoms with Crippen LogP contribution in [0.2, 0.25) is 5.02 Å². The van der Waals surface area contributed by atoms with Gasteiger partial charge < -0.3 is 15.5 Å². The molecule has 4 heterocycles. The number of likely N-dealkylation sites (N-methyl/N-ethyl adjacent to an activating group) is 1. The van der Waals surface area contributed by atoms with Crippen LogP contribution in [-0.4, -0.2) is 71.6 Å². The summed E-state index contributed by atoms with van der Waals surface area (Å²) in [6.07, 6.45) is 1.86. The highest BCUT2D eigenvalue weighted by Gasteiger charge is 2.35. The van der Waals surface area contributed by atoms with Crippen LogP contribution in [0.25, 0.3) is 10.9 Å². The van der Waals surface area contributed by atoms with Crippen molar-refractivity contribution in [1.82, 2.24) is 30.5 Å². The molecule has 2 aliphatic heterocycles. The number of benzene rings is 1. The highest BCUT2D eigenvalue weighted by atomic mass is 35.5. The average Bonchev–Trinajstić information content (AvgIpc) is 3.43. The molecule has 0 radical (unpaired) electrons. The average molecular weight is 562 g/mol. The lowest BCUT2D eigenvalue weighted by Gasteiger charge is -2.34. The molecule has 0 saturated carbocycles. The topological polar surface area (TPSA) is 86.3 Å². The Morgan fingerprint density at radius 3 is 2.51 bits per heavy atom. The summed E-state index contributed by atoms with van der Waals surface area (Å²) in [6, 6.07) is 7.30. The molecule has 0 spiro atoms. The first-order chi connectivity index (χ1) is 18.7. The first kappa shape index (κ1) is 27.5. The summed E-state index contributed by atoms with van der Waals surface area (Å²) in [5.74, 6) is -0.703. The third kappa shape index (κ3) is 6.10. The summed E-state index contributed by atoms with van der Waals surface area (Å²) < 4.78 is 39.0. The number of likely N-dealkylation sites (tertiary alicyclic amines) is 1. The molecule has 1 aromatic carbocycles. The number of nitrogens with one attached hydrogen (secondary N) is 2. The number of hydrogen-bond donors (Lipinski definition) is 2. The van der Waals surface area contributed by atoms with Crippen LogP contribution in [-0.2, 0) is 6.18 Å². The van der Waals surface area contributed by atoms with E-state index in [9.17, 15) is 18.0 Å². The van der Waals surface area contributed by atoms with E-state index in [-0.39, 0.29) is 18.5 Å². The molecular formula is C27H31ClF3N7O. The Labute approximate surface area is 230 Å². The van der Waals surface area contributed by atoms with Gasteiger partial charge in [0.1, 0.15) is 5.82 Å². The van der Waals surface area contributed by atoms with E-state index in [1.54, 1.807) is 12.1 Å². The highest BCUT2D eigenvalue weighted by molar-refractivity contribution is 6.35. The van der Waals surface area contributed by atoms with Crippen LogP contribution in [0, 0.1) is 0 Å². The predicted molar refractivity (Wildman–Crippen MR) is 144 cm³/mol. The van der Waals surface area contributed by atoms with Crippen molar-refractivity contribution in [1.29, 1.82) is 0 Å². The monoisotopic (exact) mass is 561 g/mol. The molecule has 2 atom stereocenters. The molecule has 2 saturated heterocycles. The van der Waals surface area contributed by atoms with Gasteiger partial charge in [0, 0.05) is 49.0 Å². The van der Waals surface area contributed by atoms with Gasteiger partial charge in [-0.05, 0) is 63.7 Å². The van der Waals surface area contributed by atoms with Crippen LogP contribution in [0.1, 0.15) is 53.5 Å². The van der Waals surface area contributed by atoms with Gasteiger partial charge in [-0.3, -0.25) is 9.69 Å². The van der Waals surface area contributed by atoms with E-state index in [0.717, 1.165) is 57.7 Å². The number of fused-ring (bicyclic) bond motifs is 1. The first-order valence-corrected chi connectivity index (χ1v) is 13.5. The first-order valence-electron chi connectivity index (χ1n) is 13.2. The van der Waals surface area contributed by atoms with Crippen LogP contribution in [0.4, 0.5) is 19.0 Å². The van der Waals surface area contributed by atoms with Gasteiger partial charge in [-0.15, -0.1) is 0 Å². The summed E-state index contributed by atoms with van der Waals surface area (Å²) in [4.78, 5) is 29.7. The number of rotatable bonds is 7. The fraction of sp³-hybridized carbons (Fsp3) is 0.481. The Hall–Kier alpha value is -3.02. The summed E-state index contributed by atoms with van der Waals surface area (Å²) in [5.41, 5.74) is 1.51. The Bertz CT molecular complexity index is 1320. The predicted octanol–water partition coefficient (Wildman–Crippen LogP) is 4.45. The number of hydrogen-bond acceptors (Lipinski definition) is 7. The lowest BCUT2D eigenvalue weighted by Crippen LogP contribution is -2.41. The van der Waals surface area contributed by atoms with Gasteiger partial charge in [0.25, 0.3) is 5.91 Å². The summed E-state index contributed by atoms with van der Waals surface area (Å²) in [6.45, 7) is 3.48. The zero-order chi connectivity index (χ0) is 27.6. The van der Waals surface area contributed by atoms with E-state index in [1.165, 1.54) is 12.4 Å². The van der Waals surface area contributed by atoms with Crippen LogP contribution in [0.5, 0.6) is 0 Å². The Morgan fingerprint density at radius 2 is 1.85 bits per heavy atom. The second kappa shape index (κ2) is 11.6. The summed E-state index contributed by atoms with van der Waals surface area (Å²) in [7, 11) is 1.95. The molecule has 1 amide bonds. The smallest absolute Gasteiger partial charge is 0.355 e. The van der Waals surface area contributed by atoms with Gasteiger partial charge in [-0.25, -0.2) is 15.0 Å². The molecule has 0 bridgehead atoms. The number of carbonyl (C=O) groups excluding carboxylic acids is 1. The molecule has 208 valence electrons. The fourth-order valence-electron chi connectivity index (χ4n) is 5.40. The maximum Gasteiger partial charge on any atom is 0.451 e. The van der Waals surface area contributed by atoms with E-state index in [4.69, 9.17) is 16.6 Å². The third-order valence-electron chi connectivity index (χ3n) is 7.55. The zero-order valence-electron chi connectivity index (χ0n) is 21.6. The standard InChI is InChI=1S/C27H31ClF3N7O/c1-32-18-9-12-38(16-18)23-8-5-19-21(36-23)7-6-20(28)24(19)25(39)33-15-22(37-10-3-2-4-11-37)17-13-34-26(35-14-17)27(29,30)31/h5-8,13-14,18,22,32H,2-4,9-12,15-16H2,1H3,(H,33,39)/t18-,22?/m0/s1. The number of amides is 1. The summed E-state index contributed by atoms with van der Waals surface area (Å²) in [5, 5.41) is 7.21. The minimum Gasteiger partial charge on any atom is -0.355 e. The number of pyridine rings is 1. The van der Waals surface area contributed by atoms with Gasteiger partial charge in [-0.1, -0.05) is 18.0 Å². The second-order valence-electron chi connectivity index (χ2n) is 10.0. The third-order valence-corrected chi connectivity index (χ3v) is 7.87. The van der Waals surface area contributed by atoms with Crippen molar-refractivity contribution in [2.45, 2.75) is 43.9 Å². The van der Waals surface area contributed by atoms with Crippen molar-refractivity contribution in [3.05, 3.63) is 58.6 Å². The minimum atomic E-state index is -4.62. The number of anilines is 1. The minimum absolute atomic E-state index is 0.172. The van der Waals surface area contributed by atoms with Gasteiger partial charge in [0.05, 0.1) is 22.1 Å². The van der Waals surface area contributed by atoms with Crippen molar-refractivity contribution in [2.24, 2.45) is 0 Å². The molecule has 2 fully saturated rings. The van der Waals surface area contributed by atoms with Crippen molar-refractivity contribution in [3.8, 4) is 0 Å². The van der Waals surface area contributed by atoms with Crippen LogP contribution in [0.3, 0.4) is 0 Å².